The number of ether oxygens (including phenoxy) is 1. The van der Waals surface area contributed by atoms with Crippen molar-refractivity contribution in [1.82, 2.24) is 14.9 Å². The number of nitrogen functional groups attached to an aromatic ring is 1. The Hall–Kier alpha value is -2.49. The van der Waals surface area contributed by atoms with E-state index in [1.807, 2.05) is 42.0 Å². The fourth-order valence-electron chi connectivity index (χ4n) is 3.63. The molecule has 1 amide bonds. The van der Waals surface area contributed by atoms with Gasteiger partial charge in [-0.1, -0.05) is 23.7 Å². The van der Waals surface area contributed by atoms with Gasteiger partial charge in [-0.25, -0.2) is 9.97 Å². The second-order valence-corrected chi connectivity index (χ2v) is 10.5. The Labute approximate surface area is 206 Å². The van der Waals surface area contributed by atoms with Crippen LogP contribution in [0.4, 0.5) is 5.82 Å². The van der Waals surface area contributed by atoms with Crippen LogP contribution in [-0.4, -0.2) is 38.4 Å². The van der Waals surface area contributed by atoms with Crippen LogP contribution < -0.4 is 5.73 Å². The molecule has 3 rings (SSSR count). The number of aryl methyl sites for hydroxylation is 1. The third-order valence-corrected chi connectivity index (χ3v) is 8.32. The lowest BCUT2D eigenvalue weighted by atomic mass is 9.98. The fourth-order valence-corrected chi connectivity index (χ4v) is 6.57. The zero-order valence-corrected chi connectivity index (χ0v) is 20.8. The van der Waals surface area contributed by atoms with Crippen LogP contribution in [-0.2, 0) is 27.3 Å². The van der Waals surface area contributed by atoms with Gasteiger partial charge in [-0.2, -0.15) is 0 Å². The van der Waals surface area contributed by atoms with Gasteiger partial charge in [0.25, 0.3) is 6.47 Å². The van der Waals surface area contributed by atoms with Crippen LogP contribution in [0, 0.1) is 6.92 Å². The number of anilines is 1. The molecule has 174 valence electrons. The molecule has 0 spiro atoms. The first-order chi connectivity index (χ1) is 15.9. The Morgan fingerprint density at radius 1 is 1.30 bits per heavy atom. The van der Waals surface area contributed by atoms with Crippen LogP contribution >= 0.6 is 35.1 Å². The molecular formula is C23H25ClN4O3S2. The predicted octanol–water partition coefficient (Wildman–Crippen LogP) is 4.71. The molecule has 0 saturated heterocycles. The number of aromatic nitrogens is 2. The molecule has 7 nitrogen and oxygen atoms in total. The minimum atomic E-state index is -0.419. The smallest absolute Gasteiger partial charge is 0.293 e. The summed E-state index contributed by atoms with van der Waals surface area (Å²) in [6.07, 6.45) is 3.56. The van der Waals surface area contributed by atoms with E-state index in [0.29, 0.717) is 41.5 Å². The van der Waals surface area contributed by atoms with Gasteiger partial charge in [0.15, 0.2) is 0 Å². The second-order valence-electron chi connectivity index (χ2n) is 7.41. The molecule has 0 saturated carbocycles. The highest BCUT2D eigenvalue weighted by Gasteiger charge is 2.39. The molecule has 0 unspecified atom stereocenters. The topological polar surface area (TPSA) is 98.4 Å². The van der Waals surface area contributed by atoms with Crippen molar-refractivity contribution in [3.8, 4) is 0 Å². The van der Waals surface area contributed by atoms with E-state index in [1.165, 1.54) is 0 Å². The Bertz CT molecular complexity index is 1070. The summed E-state index contributed by atoms with van der Waals surface area (Å²) in [4.78, 5) is 33.0. The van der Waals surface area contributed by atoms with Gasteiger partial charge in [-0.05, 0) is 47.9 Å². The maximum absolute atomic E-state index is 12.2. The van der Waals surface area contributed by atoms with E-state index in [2.05, 4.69) is 9.97 Å². The number of carbonyl (C=O) groups excluding carboxylic acids is 2. The van der Waals surface area contributed by atoms with Crippen molar-refractivity contribution >= 4 is 53.8 Å². The number of hydrogen-bond donors (Lipinski definition) is 1. The lowest BCUT2D eigenvalue weighted by Gasteiger charge is -2.34. The van der Waals surface area contributed by atoms with Gasteiger partial charge in [-0.3, -0.25) is 9.59 Å². The molecule has 2 N–H and O–H groups in total. The monoisotopic (exact) mass is 504 g/mol. The average molecular weight is 505 g/mol. The first-order valence-electron chi connectivity index (χ1n) is 10.2. The van der Waals surface area contributed by atoms with Gasteiger partial charge in [0.2, 0.25) is 6.41 Å². The maximum Gasteiger partial charge on any atom is 0.293 e. The van der Waals surface area contributed by atoms with Crippen molar-refractivity contribution in [3.63, 3.8) is 0 Å². The Balaban J connectivity index is 2.01. The molecule has 2 aromatic rings. The third-order valence-electron chi connectivity index (χ3n) is 5.25. The van der Waals surface area contributed by atoms with Crippen molar-refractivity contribution in [2.75, 3.05) is 12.3 Å². The number of thioether (sulfide) groups is 2. The van der Waals surface area contributed by atoms with Crippen LogP contribution in [0.25, 0.3) is 0 Å². The predicted molar refractivity (Wildman–Crippen MR) is 134 cm³/mol. The van der Waals surface area contributed by atoms with E-state index in [0.717, 1.165) is 23.2 Å². The molecule has 0 atom stereocenters. The number of amides is 1. The number of benzene rings is 1. The molecule has 1 aliphatic heterocycles. The molecule has 1 aromatic heterocycles. The van der Waals surface area contributed by atoms with Crippen LogP contribution in [0.3, 0.4) is 0 Å². The standard InChI is InChI=1S/C23H25ClN4O3S2/c1-16(28(14-29)13-19-12-26-17(2)27-22(19)25)21(6-7-31-15-30)23(32-8-9-33-23)11-18-4-3-5-20(24)10-18/h3-5,8-10,12,14-15H,6-7,11,13H2,1-2H3,(H2,25,26,27)/b21-16-. The number of halogens is 1. The van der Waals surface area contributed by atoms with Crippen LogP contribution in [0.15, 0.2) is 52.5 Å². The van der Waals surface area contributed by atoms with E-state index < -0.39 is 4.08 Å². The summed E-state index contributed by atoms with van der Waals surface area (Å²) in [6, 6.07) is 7.74. The summed E-state index contributed by atoms with van der Waals surface area (Å²) in [7, 11) is 0. The molecule has 1 aliphatic rings. The van der Waals surface area contributed by atoms with Gasteiger partial charge in [0.1, 0.15) is 11.6 Å². The van der Waals surface area contributed by atoms with E-state index in [-0.39, 0.29) is 13.2 Å². The summed E-state index contributed by atoms with van der Waals surface area (Å²) in [6.45, 7) is 4.53. The van der Waals surface area contributed by atoms with Crippen LogP contribution in [0.2, 0.25) is 5.02 Å². The highest BCUT2D eigenvalue weighted by Crippen LogP contribution is 2.54. The van der Waals surface area contributed by atoms with E-state index >= 15 is 0 Å². The van der Waals surface area contributed by atoms with Crippen LogP contribution in [0.5, 0.6) is 0 Å². The minimum Gasteiger partial charge on any atom is -0.468 e. The SMILES string of the molecule is C/C(=C(\CCOC=O)C1(Cc2cccc(Cl)c2)SC=CS1)N(C=O)Cc1cnc(C)nc1N. The van der Waals surface area contributed by atoms with Crippen LogP contribution in [0.1, 0.15) is 30.3 Å². The summed E-state index contributed by atoms with van der Waals surface area (Å²) >= 11 is 9.57. The first-order valence-corrected chi connectivity index (χ1v) is 12.3. The molecule has 0 aliphatic carbocycles. The quantitative estimate of drug-likeness (QED) is 0.347. The highest BCUT2D eigenvalue weighted by atomic mass is 35.5. The van der Waals surface area contributed by atoms with Crippen molar-refractivity contribution in [1.29, 1.82) is 0 Å². The lowest BCUT2D eigenvalue weighted by molar-refractivity contribution is -0.128. The Kier molecular flexibility index (Phi) is 8.82. The van der Waals surface area contributed by atoms with Gasteiger partial charge >= 0.3 is 0 Å². The molecule has 2 heterocycles. The third kappa shape index (κ3) is 6.31. The summed E-state index contributed by atoms with van der Waals surface area (Å²) in [5, 5.41) is 4.75. The molecule has 0 radical (unpaired) electrons. The van der Waals surface area contributed by atoms with Crippen molar-refractivity contribution in [2.24, 2.45) is 0 Å². The van der Waals surface area contributed by atoms with Gasteiger partial charge in [-0.15, -0.1) is 23.5 Å². The molecule has 0 fully saturated rings. The van der Waals surface area contributed by atoms with Gasteiger partial charge in [0.05, 0.1) is 17.2 Å². The number of nitrogens with two attached hydrogens (primary N) is 1. The number of carbonyl (C=O) groups is 2. The lowest BCUT2D eigenvalue weighted by Crippen LogP contribution is -2.31. The molecule has 33 heavy (non-hydrogen) atoms. The largest absolute Gasteiger partial charge is 0.468 e. The van der Waals surface area contributed by atoms with Gasteiger partial charge in [0, 0.05) is 35.3 Å². The molecule has 0 bridgehead atoms. The number of hydrogen-bond acceptors (Lipinski definition) is 8. The number of nitrogens with zero attached hydrogens (tertiary/aromatic N) is 3. The Morgan fingerprint density at radius 2 is 2.06 bits per heavy atom. The van der Waals surface area contributed by atoms with Crippen molar-refractivity contribution in [2.45, 2.75) is 37.3 Å². The van der Waals surface area contributed by atoms with Crippen molar-refractivity contribution in [3.05, 3.63) is 74.5 Å². The summed E-state index contributed by atoms with van der Waals surface area (Å²) in [5.74, 6) is 0.908. The molecule has 10 heteroatoms. The fraction of sp³-hybridized carbons (Fsp3) is 0.304. The maximum atomic E-state index is 12.2. The van der Waals surface area contributed by atoms with Crippen molar-refractivity contribution < 1.29 is 14.3 Å². The zero-order chi connectivity index (χ0) is 23.8. The minimum absolute atomic E-state index is 0.205. The molecular weight excluding hydrogens is 480 g/mol. The summed E-state index contributed by atoms with van der Waals surface area (Å²) in [5.41, 5.74) is 9.55. The zero-order valence-electron chi connectivity index (χ0n) is 18.4. The first kappa shape index (κ1) is 25.1. The number of rotatable bonds is 11. The number of allylic oxidation sites excluding steroid dienone is 1. The Morgan fingerprint density at radius 3 is 2.70 bits per heavy atom. The second kappa shape index (κ2) is 11.6. The van der Waals surface area contributed by atoms with E-state index in [9.17, 15) is 9.59 Å². The highest BCUT2D eigenvalue weighted by molar-refractivity contribution is 8.23. The summed E-state index contributed by atoms with van der Waals surface area (Å²) < 4.78 is 4.61. The average Bonchev–Trinajstić information content (AvgIpc) is 3.25. The van der Waals surface area contributed by atoms with E-state index in [1.54, 1.807) is 41.5 Å². The van der Waals surface area contributed by atoms with E-state index in [4.69, 9.17) is 22.1 Å². The van der Waals surface area contributed by atoms with Gasteiger partial charge < -0.3 is 15.4 Å². The normalized spacial score (nSPS) is 15.1. The molecule has 1 aromatic carbocycles.